The molecule has 0 aliphatic carbocycles. The molecule has 0 aliphatic heterocycles. The van der Waals surface area contributed by atoms with Gasteiger partial charge in [0.2, 0.25) is 0 Å². The maximum atomic E-state index is 10.2. The molecule has 0 bridgehead atoms. The zero-order chi connectivity index (χ0) is 20.7. The number of ether oxygens (including phenoxy) is 3. The van der Waals surface area contributed by atoms with Gasteiger partial charge in [0, 0.05) is 31.1 Å². The van der Waals surface area contributed by atoms with E-state index in [0.717, 1.165) is 28.2 Å². The number of rotatable bonds is 9. The molecule has 0 saturated heterocycles. The summed E-state index contributed by atoms with van der Waals surface area (Å²) in [5, 5.41) is 10.2. The predicted molar refractivity (Wildman–Crippen MR) is 121 cm³/mol. The van der Waals surface area contributed by atoms with Crippen LogP contribution in [0.5, 0.6) is 11.5 Å². The Bertz CT molecular complexity index is 832. The Morgan fingerprint density at radius 2 is 1.19 bits per heavy atom. The summed E-state index contributed by atoms with van der Waals surface area (Å²) in [5.74, 6) is 1.53. The minimum Gasteiger partial charge on any atom is -0.535 e. The van der Waals surface area contributed by atoms with Crippen molar-refractivity contribution in [2.24, 2.45) is 0 Å². The van der Waals surface area contributed by atoms with Gasteiger partial charge in [-0.15, -0.1) is 0 Å². The molecule has 0 spiro atoms. The first-order valence-corrected chi connectivity index (χ1v) is 9.67. The van der Waals surface area contributed by atoms with Crippen LogP contribution in [0.15, 0.2) is 78.9 Å². The van der Waals surface area contributed by atoms with Crippen LogP contribution < -0.4 is 9.47 Å². The summed E-state index contributed by atoms with van der Waals surface area (Å²) in [6.07, 6.45) is -0.106. The van der Waals surface area contributed by atoms with Crippen molar-refractivity contribution in [2.45, 2.75) is 32.5 Å². The van der Waals surface area contributed by atoms with Gasteiger partial charge in [0.1, 0.15) is 17.1 Å². The number of aliphatic hydroxyl groups excluding tert-OH is 1. The molecule has 0 amide bonds. The van der Waals surface area contributed by atoms with Crippen LogP contribution in [0.4, 0.5) is 0 Å². The van der Waals surface area contributed by atoms with Crippen molar-refractivity contribution >= 4 is 0 Å². The number of aliphatic hydroxyl groups is 1. The molecule has 1 unspecified atom stereocenters. The molecule has 0 radical (unpaired) electrons. The van der Waals surface area contributed by atoms with E-state index >= 15 is 0 Å². The molecule has 3 aromatic carbocycles. The van der Waals surface area contributed by atoms with E-state index in [1.165, 1.54) is 6.61 Å². The summed E-state index contributed by atoms with van der Waals surface area (Å²) < 4.78 is 17.1. The average Bonchev–Trinajstić information content (AvgIpc) is 2.80. The van der Waals surface area contributed by atoms with Crippen LogP contribution in [-0.4, -0.2) is 25.4 Å². The molecule has 5 heteroatoms. The zero-order valence-electron chi connectivity index (χ0n) is 17.5. The van der Waals surface area contributed by atoms with Gasteiger partial charge in [-0.1, -0.05) is 75.4 Å². The first-order chi connectivity index (χ1) is 14.1. The van der Waals surface area contributed by atoms with E-state index in [1.807, 2.05) is 85.8 Å². The second kappa shape index (κ2) is 12.9. The Morgan fingerprint density at radius 3 is 1.58 bits per heavy atom. The second-order valence-corrected chi connectivity index (χ2v) is 6.73. The van der Waals surface area contributed by atoms with Crippen molar-refractivity contribution in [3.05, 3.63) is 102 Å². The average molecular weight is 646 g/mol. The van der Waals surface area contributed by atoms with Crippen molar-refractivity contribution < 1.29 is 50.4 Å². The molecule has 1 N–H and O–H groups in total. The largest absolute Gasteiger partial charge is 0.535 e. The fraction of sp³-hybridized carbons (Fsp3) is 0.269. The summed E-state index contributed by atoms with van der Waals surface area (Å²) >= 11 is 0. The summed E-state index contributed by atoms with van der Waals surface area (Å²) in [6, 6.07) is 25.6. The van der Waals surface area contributed by atoms with Gasteiger partial charge in [0.15, 0.2) is 0 Å². The van der Waals surface area contributed by atoms with Crippen LogP contribution in [0, 0.1) is 37.7 Å². The smallest absolute Gasteiger partial charge is 0.118 e. The molecule has 3 aromatic rings. The predicted octanol–water partition coefficient (Wildman–Crippen LogP) is 5.58. The fourth-order valence-corrected chi connectivity index (χ4v) is 3.31. The van der Waals surface area contributed by atoms with Gasteiger partial charge >= 0.3 is 0 Å². The Labute approximate surface area is 209 Å². The normalized spacial score (nSPS) is 11.6. The van der Waals surface area contributed by atoms with E-state index in [9.17, 15) is 5.11 Å². The standard InChI is InChI=1S/C25H27O4.CH4.U/c1-4-22(26)18-29-25(19-8-6-5-7-9-19,20-10-14-23(27-2)15-11-20)21-12-16-24(28-3)17-13-21;;/h5-18,22,26H,4H2,1-3H3;1H4;/q-1;;. The molecule has 164 valence electrons. The molecular weight excluding hydrogens is 614 g/mol. The van der Waals surface area contributed by atoms with E-state index in [0.29, 0.717) is 6.42 Å². The van der Waals surface area contributed by atoms with Crippen LogP contribution in [0.1, 0.15) is 37.5 Å². The number of hydrogen-bond acceptors (Lipinski definition) is 4. The zero-order valence-corrected chi connectivity index (χ0v) is 21.7. The van der Waals surface area contributed by atoms with Crippen LogP contribution in [0.3, 0.4) is 0 Å². The Hall–Kier alpha value is -1.77. The molecule has 31 heavy (non-hydrogen) atoms. The van der Waals surface area contributed by atoms with Crippen molar-refractivity contribution in [1.29, 1.82) is 0 Å². The third kappa shape index (κ3) is 6.14. The molecule has 0 heterocycles. The van der Waals surface area contributed by atoms with Gasteiger partial charge in [-0.05, 0) is 47.1 Å². The molecule has 0 fully saturated rings. The quantitative estimate of drug-likeness (QED) is 0.244. The maximum Gasteiger partial charge on any atom is 0.118 e. The van der Waals surface area contributed by atoms with Crippen molar-refractivity contribution in [1.82, 2.24) is 0 Å². The minimum atomic E-state index is -0.935. The van der Waals surface area contributed by atoms with E-state index in [2.05, 4.69) is 0 Å². The van der Waals surface area contributed by atoms with Gasteiger partial charge in [0.05, 0.1) is 14.2 Å². The Balaban J connectivity index is 0.00000240. The SMILES string of the molecule is C.CCC(O)[CH-]OC(c1ccccc1)(c1ccc(OC)cc1)c1ccc(OC)cc1.[U]. The van der Waals surface area contributed by atoms with Crippen molar-refractivity contribution in [2.75, 3.05) is 14.2 Å². The first kappa shape index (κ1) is 27.3. The van der Waals surface area contributed by atoms with E-state index in [1.54, 1.807) is 14.2 Å². The number of methoxy groups -OCH3 is 2. The number of benzene rings is 3. The second-order valence-electron chi connectivity index (χ2n) is 6.73. The maximum absolute atomic E-state index is 10.2. The van der Waals surface area contributed by atoms with Gasteiger partial charge in [-0.2, -0.15) is 6.61 Å². The fourth-order valence-electron chi connectivity index (χ4n) is 3.31. The minimum absolute atomic E-state index is 0. The Morgan fingerprint density at radius 1 is 0.774 bits per heavy atom. The van der Waals surface area contributed by atoms with Gasteiger partial charge in [0.25, 0.3) is 0 Å². The van der Waals surface area contributed by atoms with Crippen LogP contribution >= 0.6 is 0 Å². The molecule has 0 aliphatic rings. The van der Waals surface area contributed by atoms with Crippen LogP contribution in [-0.2, 0) is 10.3 Å². The van der Waals surface area contributed by atoms with E-state index in [4.69, 9.17) is 14.2 Å². The van der Waals surface area contributed by atoms with E-state index in [-0.39, 0.29) is 38.5 Å². The van der Waals surface area contributed by atoms with Crippen LogP contribution in [0.2, 0.25) is 0 Å². The molecule has 0 aromatic heterocycles. The molecule has 3 rings (SSSR count). The summed E-state index contributed by atoms with van der Waals surface area (Å²) in [6.45, 7) is 3.43. The number of hydrogen-bond donors (Lipinski definition) is 1. The van der Waals surface area contributed by atoms with Crippen LogP contribution in [0.25, 0.3) is 0 Å². The topological polar surface area (TPSA) is 47.9 Å². The molecule has 4 nitrogen and oxygen atoms in total. The van der Waals surface area contributed by atoms with Gasteiger partial charge in [-0.25, -0.2) is 0 Å². The van der Waals surface area contributed by atoms with Crippen molar-refractivity contribution in [3.63, 3.8) is 0 Å². The monoisotopic (exact) mass is 645 g/mol. The summed E-state index contributed by atoms with van der Waals surface area (Å²) in [5.41, 5.74) is 1.87. The Kier molecular flexibility index (Phi) is 11.4. The first-order valence-electron chi connectivity index (χ1n) is 9.67. The summed E-state index contributed by atoms with van der Waals surface area (Å²) in [7, 11) is 3.29. The third-order valence-electron chi connectivity index (χ3n) is 4.99. The third-order valence-corrected chi connectivity index (χ3v) is 4.99. The van der Waals surface area contributed by atoms with Gasteiger partial charge < -0.3 is 19.3 Å². The summed E-state index contributed by atoms with van der Waals surface area (Å²) in [4.78, 5) is 0. The van der Waals surface area contributed by atoms with Crippen molar-refractivity contribution in [3.8, 4) is 11.5 Å². The van der Waals surface area contributed by atoms with E-state index < -0.39 is 11.7 Å². The van der Waals surface area contributed by atoms with Gasteiger partial charge in [-0.3, -0.25) is 0 Å². The molecular formula is C26H31O4U-. The molecule has 0 saturated carbocycles. The molecule has 1 atom stereocenters.